The summed E-state index contributed by atoms with van der Waals surface area (Å²) in [6.45, 7) is 1.74. The number of nitrogens with zero attached hydrogens (tertiary/aromatic N) is 1. The summed E-state index contributed by atoms with van der Waals surface area (Å²) in [5.74, 6) is -1.64. The van der Waals surface area contributed by atoms with Crippen molar-refractivity contribution in [1.29, 1.82) is 0 Å². The van der Waals surface area contributed by atoms with E-state index < -0.39 is 23.8 Å². The second-order valence-electron chi connectivity index (χ2n) is 6.45. The van der Waals surface area contributed by atoms with Crippen molar-refractivity contribution in [3.05, 3.63) is 56.1 Å². The van der Waals surface area contributed by atoms with Crippen LogP contribution in [-0.2, 0) is 14.4 Å². The van der Waals surface area contributed by atoms with Crippen LogP contribution in [0.25, 0.3) is 6.08 Å². The first-order valence-electron chi connectivity index (χ1n) is 9.25. The Morgan fingerprint density at radius 1 is 1.19 bits per heavy atom. The van der Waals surface area contributed by atoms with Gasteiger partial charge in [-0.25, -0.2) is 9.69 Å². The predicted octanol–water partition coefficient (Wildman–Crippen LogP) is 2.87. The number of carbonyl (C=O) groups is 4. The summed E-state index contributed by atoms with van der Waals surface area (Å²) in [6.07, 6.45) is 1.34. The third-order valence-corrected chi connectivity index (χ3v) is 5.24. The number of imide groups is 2. The van der Waals surface area contributed by atoms with Crippen LogP contribution in [0.15, 0.2) is 42.0 Å². The van der Waals surface area contributed by atoms with Crippen molar-refractivity contribution in [3.8, 4) is 11.5 Å². The van der Waals surface area contributed by atoms with Crippen LogP contribution in [0.4, 0.5) is 10.5 Å². The molecule has 5 amide bonds. The number of barbiturate groups is 1. The number of nitrogens with one attached hydrogen (secondary N) is 1. The Labute approximate surface area is 201 Å². The number of primary amides is 1. The maximum Gasteiger partial charge on any atom is 0.335 e. The number of nitrogens with two attached hydrogens (primary N) is 1. The highest BCUT2D eigenvalue weighted by molar-refractivity contribution is 14.1. The molecule has 3 rings (SSSR count). The quantitative estimate of drug-likeness (QED) is 0.300. The van der Waals surface area contributed by atoms with Crippen LogP contribution in [0.5, 0.6) is 11.5 Å². The lowest BCUT2D eigenvalue weighted by molar-refractivity contribution is -0.123. The van der Waals surface area contributed by atoms with E-state index in [4.69, 9.17) is 26.8 Å². The van der Waals surface area contributed by atoms with Crippen LogP contribution in [0.1, 0.15) is 12.5 Å². The molecule has 9 nitrogen and oxygen atoms in total. The Morgan fingerprint density at radius 2 is 1.88 bits per heavy atom. The van der Waals surface area contributed by atoms with Gasteiger partial charge in [-0.05, 0) is 77.6 Å². The number of ether oxygens (including phenoxy) is 2. The fourth-order valence-electron chi connectivity index (χ4n) is 2.87. The molecule has 1 aliphatic heterocycles. The van der Waals surface area contributed by atoms with Gasteiger partial charge in [-0.3, -0.25) is 19.7 Å². The number of urea groups is 1. The highest BCUT2D eigenvalue weighted by atomic mass is 127. The Kier molecular flexibility index (Phi) is 7.36. The first-order chi connectivity index (χ1) is 15.2. The van der Waals surface area contributed by atoms with Gasteiger partial charge in [0.2, 0.25) is 0 Å². The van der Waals surface area contributed by atoms with Gasteiger partial charge in [-0.2, -0.15) is 0 Å². The van der Waals surface area contributed by atoms with Gasteiger partial charge in [0.05, 0.1) is 15.9 Å². The third-order valence-electron chi connectivity index (χ3n) is 4.19. The number of carbonyl (C=O) groups excluding carboxylic acids is 4. The number of rotatable bonds is 7. The van der Waals surface area contributed by atoms with Gasteiger partial charge in [-0.15, -0.1) is 0 Å². The summed E-state index contributed by atoms with van der Waals surface area (Å²) in [7, 11) is 0. The molecule has 0 radical (unpaired) electrons. The van der Waals surface area contributed by atoms with E-state index in [1.54, 1.807) is 19.1 Å². The fourth-order valence-corrected chi connectivity index (χ4v) is 3.77. The summed E-state index contributed by atoms with van der Waals surface area (Å²) in [5, 5.41) is 2.59. The van der Waals surface area contributed by atoms with Crippen molar-refractivity contribution in [3.63, 3.8) is 0 Å². The maximum absolute atomic E-state index is 13.0. The molecule has 1 heterocycles. The van der Waals surface area contributed by atoms with Crippen LogP contribution in [0.3, 0.4) is 0 Å². The summed E-state index contributed by atoms with van der Waals surface area (Å²) >= 11 is 7.85. The lowest BCUT2D eigenvalue weighted by Gasteiger charge is -2.26. The minimum Gasteiger partial charge on any atom is -0.490 e. The number of benzene rings is 2. The van der Waals surface area contributed by atoms with Gasteiger partial charge in [0, 0.05) is 5.02 Å². The molecule has 2 aromatic rings. The monoisotopic (exact) mass is 569 g/mol. The first kappa shape index (κ1) is 23.5. The molecule has 2 aromatic carbocycles. The lowest BCUT2D eigenvalue weighted by atomic mass is 10.1. The summed E-state index contributed by atoms with van der Waals surface area (Å²) < 4.78 is 11.6. The van der Waals surface area contributed by atoms with Crippen LogP contribution in [0, 0.1) is 3.57 Å². The molecule has 1 aliphatic rings. The zero-order chi connectivity index (χ0) is 23.4. The van der Waals surface area contributed by atoms with E-state index in [1.165, 1.54) is 30.3 Å². The molecule has 166 valence electrons. The number of anilines is 1. The van der Waals surface area contributed by atoms with Gasteiger partial charge >= 0.3 is 6.03 Å². The van der Waals surface area contributed by atoms with E-state index in [2.05, 4.69) is 5.32 Å². The maximum atomic E-state index is 13.0. The Balaban J connectivity index is 2.00. The highest BCUT2D eigenvalue weighted by Gasteiger charge is 2.36. The molecule has 0 unspecified atom stereocenters. The molecule has 11 heteroatoms. The van der Waals surface area contributed by atoms with Crippen molar-refractivity contribution in [2.24, 2.45) is 5.73 Å². The van der Waals surface area contributed by atoms with Crippen LogP contribution < -0.4 is 25.4 Å². The van der Waals surface area contributed by atoms with Crippen molar-refractivity contribution in [2.75, 3.05) is 18.1 Å². The Hall–Kier alpha value is -3.12. The number of amides is 5. The number of hydrogen-bond acceptors (Lipinski definition) is 6. The van der Waals surface area contributed by atoms with Gasteiger partial charge in [0.15, 0.2) is 18.1 Å². The van der Waals surface area contributed by atoms with Crippen molar-refractivity contribution in [2.45, 2.75) is 6.92 Å². The van der Waals surface area contributed by atoms with E-state index in [0.717, 1.165) is 4.90 Å². The second-order valence-corrected chi connectivity index (χ2v) is 8.05. The van der Waals surface area contributed by atoms with Crippen molar-refractivity contribution < 1.29 is 28.7 Å². The smallest absolute Gasteiger partial charge is 0.335 e. The second kappa shape index (κ2) is 10.0. The van der Waals surface area contributed by atoms with E-state index in [9.17, 15) is 19.2 Å². The van der Waals surface area contributed by atoms with Gasteiger partial charge in [0.1, 0.15) is 5.57 Å². The summed E-state index contributed by atoms with van der Waals surface area (Å²) in [5.41, 5.74) is 5.61. The van der Waals surface area contributed by atoms with Gasteiger partial charge in [-0.1, -0.05) is 11.6 Å². The molecule has 0 aliphatic carbocycles. The fraction of sp³-hybridized carbons (Fsp3) is 0.143. The molecule has 3 N–H and O–H groups in total. The molecule has 0 saturated carbocycles. The normalized spacial score (nSPS) is 15.0. The molecule has 0 atom stereocenters. The van der Waals surface area contributed by atoms with Gasteiger partial charge < -0.3 is 15.2 Å². The SMILES string of the molecule is CCOc1cc(/C=C2\C(=O)NC(=O)N(c3ccc(Cl)cc3)C2=O)cc(I)c1OCC(N)=O. The van der Waals surface area contributed by atoms with Crippen LogP contribution >= 0.6 is 34.2 Å². The predicted molar refractivity (Wildman–Crippen MR) is 125 cm³/mol. The largest absolute Gasteiger partial charge is 0.490 e. The van der Waals surface area contributed by atoms with E-state index >= 15 is 0 Å². The average Bonchev–Trinajstić information content (AvgIpc) is 2.72. The highest BCUT2D eigenvalue weighted by Crippen LogP contribution is 2.35. The number of hydrogen-bond donors (Lipinski definition) is 2. The standard InChI is InChI=1S/C21H17ClIN3O6/c1-2-31-16-9-11(8-15(23)18(16)32-10-17(24)27)7-14-19(28)25-21(30)26(20(14)29)13-5-3-12(22)4-6-13/h3-9H,2,10H2,1H3,(H2,24,27)(H,25,28,30)/b14-7+. The third kappa shape index (κ3) is 5.19. The summed E-state index contributed by atoms with van der Waals surface area (Å²) in [6, 6.07) is 8.37. The molecule has 0 aromatic heterocycles. The van der Waals surface area contributed by atoms with Crippen LogP contribution in [0.2, 0.25) is 5.02 Å². The zero-order valence-electron chi connectivity index (χ0n) is 16.7. The average molecular weight is 570 g/mol. The first-order valence-corrected chi connectivity index (χ1v) is 10.7. The summed E-state index contributed by atoms with van der Waals surface area (Å²) in [4.78, 5) is 49.6. The number of halogens is 2. The molecule has 0 bridgehead atoms. The molecule has 0 spiro atoms. The topological polar surface area (TPSA) is 128 Å². The molecular weight excluding hydrogens is 553 g/mol. The van der Waals surface area contributed by atoms with E-state index in [-0.39, 0.29) is 17.9 Å². The van der Waals surface area contributed by atoms with E-state index in [0.29, 0.717) is 32.3 Å². The van der Waals surface area contributed by atoms with Gasteiger partial charge in [0.25, 0.3) is 17.7 Å². The van der Waals surface area contributed by atoms with Crippen LogP contribution in [-0.4, -0.2) is 37.0 Å². The minimum atomic E-state index is -0.862. The lowest BCUT2D eigenvalue weighted by Crippen LogP contribution is -2.54. The molecular formula is C21H17ClIN3O6. The van der Waals surface area contributed by atoms with Crippen molar-refractivity contribution in [1.82, 2.24) is 5.32 Å². The van der Waals surface area contributed by atoms with Crippen molar-refractivity contribution >= 4 is 69.7 Å². The molecule has 1 fully saturated rings. The Morgan fingerprint density at radius 3 is 2.50 bits per heavy atom. The molecule has 1 saturated heterocycles. The molecule has 32 heavy (non-hydrogen) atoms. The Bertz CT molecular complexity index is 1130. The zero-order valence-corrected chi connectivity index (χ0v) is 19.6. The minimum absolute atomic E-state index is 0.247. The van der Waals surface area contributed by atoms with E-state index in [1.807, 2.05) is 22.6 Å².